The molecular formula is C12H23N. The standard InChI is InChI=1S/C12H23N/c1-10-5-2-3-7-12(10)11-6-4-8-13-9-11/h10-13H,2-9H2,1H3. The van der Waals surface area contributed by atoms with E-state index >= 15 is 0 Å². The van der Waals surface area contributed by atoms with Crippen LogP contribution in [0.2, 0.25) is 0 Å². The molecule has 76 valence electrons. The zero-order valence-corrected chi connectivity index (χ0v) is 8.89. The fraction of sp³-hybridized carbons (Fsp3) is 1.00. The molecule has 2 rings (SSSR count). The van der Waals surface area contributed by atoms with Gasteiger partial charge in [0.1, 0.15) is 0 Å². The van der Waals surface area contributed by atoms with Crippen LogP contribution in [0.1, 0.15) is 45.4 Å². The zero-order valence-electron chi connectivity index (χ0n) is 8.89. The number of piperidine rings is 1. The first kappa shape index (κ1) is 9.51. The maximum atomic E-state index is 3.55. The molecule has 0 radical (unpaired) electrons. The van der Waals surface area contributed by atoms with Crippen molar-refractivity contribution in [2.24, 2.45) is 17.8 Å². The minimum Gasteiger partial charge on any atom is -0.316 e. The lowest BCUT2D eigenvalue weighted by Crippen LogP contribution is -2.37. The normalized spacial score (nSPS) is 41.8. The fourth-order valence-electron chi connectivity index (χ4n) is 3.29. The quantitative estimate of drug-likeness (QED) is 0.656. The highest BCUT2D eigenvalue weighted by atomic mass is 14.9. The van der Waals surface area contributed by atoms with Crippen LogP contribution < -0.4 is 5.32 Å². The van der Waals surface area contributed by atoms with Gasteiger partial charge in [0.15, 0.2) is 0 Å². The average molecular weight is 181 g/mol. The van der Waals surface area contributed by atoms with E-state index in [1.165, 1.54) is 51.6 Å². The van der Waals surface area contributed by atoms with Crippen LogP contribution in [-0.2, 0) is 0 Å². The summed E-state index contributed by atoms with van der Waals surface area (Å²) in [4.78, 5) is 0. The van der Waals surface area contributed by atoms with E-state index in [2.05, 4.69) is 12.2 Å². The van der Waals surface area contributed by atoms with Gasteiger partial charge in [-0.3, -0.25) is 0 Å². The van der Waals surface area contributed by atoms with Gasteiger partial charge in [0.25, 0.3) is 0 Å². The van der Waals surface area contributed by atoms with E-state index in [-0.39, 0.29) is 0 Å². The summed E-state index contributed by atoms with van der Waals surface area (Å²) in [5, 5.41) is 3.55. The van der Waals surface area contributed by atoms with Crippen molar-refractivity contribution in [3.05, 3.63) is 0 Å². The van der Waals surface area contributed by atoms with Crippen LogP contribution in [0.25, 0.3) is 0 Å². The van der Waals surface area contributed by atoms with Crippen molar-refractivity contribution < 1.29 is 0 Å². The molecule has 3 unspecified atom stereocenters. The highest BCUT2D eigenvalue weighted by Gasteiger charge is 2.29. The molecular weight excluding hydrogens is 158 g/mol. The predicted molar refractivity (Wildman–Crippen MR) is 56.7 cm³/mol. The molecule has 3 atom stereocenters. The second kappa shape index (κ2) is 4.45. The molecule has 0 aromatic heterocycles. The Hall–Kier alpha value is -0.0400. The highest BCUT2D eigenvalue weighted by Crippen LogP contribution is 2.37. The van der Waals surface area contributed by atoms with Gasteiger partial charge in [-0.25, -0.2) is 0 Å². The molecule has 1 aliphatic heterocycles. The molecule has 1 saturated carbocycles. The Morgan fingerprint density at radius 1 is 1.00 bits per heavy atom. The largest absolute Gasteiger partial charge is 0.316 e. The summed E-state index contributed by atoms with van der Waals surface area (Å²) in [5.74, 6) is 3.05. The smallest absolute Gasteiger partial charge is 0.00178 e. The second-order valence-electron chi connectivity index (χ2n) is 5.03. The Balaban J connectivity index is 1.88. The summed E-state index contributed by atoms with van der Waals surface area (Å²) in [5.41, 5.74) is 0. The van der Waals surface area contributed by atoms with Crippen LogP contribution in [0.4, 0.5) is 0 Å². The van der Waals surface area contributed by atoms with Crippen molar-refractivity contribution in [1.29, 1.82) is 0 Å². The van der Waals surface area contributed by atoms with Gasteiger partial charge in [0.05, 0.1) is 0 Å². The lowest BCUT2D eigenvalue weighted by Gasteiger charge is -2.37. The van der Waals surface area contributed by atoms with E-state index in [1.54, 1.807) is 0 Å². The van der Waals surface area contributed by atoms with Crippen molar-refractivity contribution in [3.63, 3.8) is 0 Å². The van der Waals surface area contributed by atoms with Crippen LogP contribution in [0.3, 0.4) is 0 Å². The van der Waals surface area contributed by atoms with E-state index in [4.69, 9.17) is 0 Å². The Morgan fingerprint density at radius 3 is 2.54 bits per heavy atom. The van der Waals surface area contributed by atoms with Gasteiger partial charge < -0.3 is 5.32 Å². The number of rotatable bonds is 1. The Kier molecular flexibility index (Phi) is 3.26. The Morgan fingerprint density at radius 2 is 1.85 bits per heavy atom. The predicted octanol–water partition coefficient (Wildman–Crippen LogP) is 2.81. The molecule has 0 amide bonds. The molecule has 0 spiro atoms. The van der Waals surface area contributed by atoms with E-state index in [0.29, 0.717) is 0 Å². The summed E-state index contributed by atoms with van der Waals surface area (Å²) in [6.45, 7) is 5.03. The first-order valence-corrected chi connectivity index (χ1v) is 6.08. The lowest BCUT2D eigenvalue weighted by atomic mass is 9.71. The maximum absolute atomic E-state index is 3.55. The first-order chi connectivity index (χ1) is 6.38. The number of hydrogen-bond donors (Lipinski definition) is 1. The molecule has 1 saturated heterocycles. The highest BCUT2D eigenvalue weighted by molar-refractivity contribution is 4.82. The summed E-state index contributed by atoms with van der Waals surface area (Å²) < 4.78 is 0. The molecule has 2 fully saturated rings. The van der Waals surface area contributed by atoms with Crippen molar-refractivity contribution in [1.82, 2.24) is 5.32 Å². The van der Waals surface area contributed by atoms with Gasteiger partial charge in [0, 0.05) is 0 Å². The van der Waals surface area contributed by atoms with Crippen molar-refractivity contribution >= 4 is 0 Å². The number of nitrogens with one attached hydrogen (secondary N) is 1. The Bertz CT molecular complexity index is 149. The third-order valence-corrected chi connectivity index (χ3v) is 4.12. The maximum Gasteiger partial charge on any atom is -0.00178 e. The Labute approximate surface area is 82.3 Å². The van der Waals surface area contributed by atoms with E-state index in [0.717, 1.165) is 17.8 Å². The first-order valence-electron chi connectivity index (χ1n) is 6.08. The fourth-order valence-corrected chi connectivity index (χ4v) is 3.29. The summed E-state index contributed by atoms with van der Waals surface area (Å²) in [6.07, 6.45) is 8.87. The summed E-state index contributed by atoms with van der Waals surface area (Å²) in [6, 6.07) is 0. The van der Waals surface area contributed by atoms with Gasteiger partial charge in [-0.1, -0.05) is 26.2 Å². The molecule has 13 heavy (non-hydrogen) atoms. The van der Waals surface area contributed by atoms with Crippen LogP contribution >= 0.6 is 0 Å². The molecule has 1 nitrogen and oxygen atoms in total. The van der Waals surface area contributed by atoms with Crippen molar-refractivity contribution in [2.45, 2.75) is 45.4 Å². The summed E-state index contributed by atoms with van der Waals surface area (Å²) in [7, 11) is 0. The second-order valence-corrected chi connectivity index (χ2v) is 5.03. The van der Waals surface area contributed by atoms with Gasteiger partial charge in [-0.15, -0.1) is 0 Å². The zero-order chi connectivity index (χ0) is 9.10. The van der Waals surface area contributed by atoms with E-state index in [9.17, 15) is 0 Å². The SMILES string of the molecule is CC1CCCCC1C1CCCNC1. The average Bonchev–Trinajstić information content (AvgIpc) is 2.20. The molecule has 0 aromatic rings. The minimum absolute atomic E-state index is 0.999. The van der Waals surface area contributed by atoms with Gasteiger partial charge in [0.2, 0.25) is 0 Å². The van der Waals surface area contributed by atoms with Crippen LogP contribution in [-0.4, -0.2) is 13.1 Å². The summed E-state index contributed by atoms with van der Waals surface area (Å²) >= 11 is 0. The van der Waals surface area contributed by atoms with Gasteiger partial charge in [-0.05, 0) is 50.1 Å². The molecule has 1 N–H and O–H groups in total. The molecule has 1 aliphatic carbocycles. The van der Waals surface area contributed by atoms with Crippen LogP contribution in [0.5, 0.6) is 0 Å². The van der Waals surface area contributed by atoms with E-state index in [1.807, 2.05) is 0 Å². The van der Waals surface area contributed by atoms with Gasteiger partial charge >= 0.3 is 0 Å². The topological polar surface area (TPSA) is 12.0 Å². The molecule has 2 aliphatic rings. The van der Waals surface area contributed by atoms with Gasteiger partial charge in [-0.2, -0.15) is 0 Å². The van der Waals surface area contributed by atoms with Crippen LogP contribution in [0.15, 0.2) is 0 Å². The lowest BCUT2D eigenvalue weighted by molar-refractivity contribution is 0.149. The third-order valence-electron chi connectivity index (χ3n) is 4.12. The number of hydrogen-bond acceptors (Lipinski definition) is 1. The molecule has 0 aromatic carbocycles. The van der Waals surface area contributed by atoms with Crippen molar-refractivity contribution in [3.8, 4) is 0 Å². The van der Waals surface area contributed by atoms with E-state index < -0.39 is 0 Å². The monoisotopic (exact) mass is 181 g/mol. The third kappa shape index (κ3) is 2.25. The minimum atomic E-state index is 0.999. The molecule has 1 heterocycles. The molecule has 0 bridgehead atoms. The van der Waals surface area contributed by atoms with Crippen molar-refractivity contribution in [2.75, 3.05) is 13.1 Å². The molecule has 1 heteroatoms. The van der Waals surface area contributed by atoms with Crippen LogP contribution in [0, 0.1) is 17.8 Å².